The molecule has 38 heavy (non-hydrogen) atoms. The van der Waals surface area contributed by atoms with E-state index in [9.17, 15) is 0 Å². The number of methoxy groups -OCH3 is 3. The molecule has 0 atom stereocenters. The lowest BCUT2D eigenvalue weighted by atomic mass is 10.1. The first kappa shape index (κ1) is 24.8. The molecule has 5 aromatic rings. The van der Waals surface area contributed by atoms with E-state index in [-0.39, 0.29) is 0 Å². The molecule has 0 bridgehead atoms. The van der Waals surface area contributed by atoms with E-state index >= 15 is 0 Å². The van der Waals surface area contributed by atoms with Crippen LogP contribution in [0.1, 0.15) is 16.7 Å². The van der Waals surface area contributed by atoms with Gasteiger partial charge in [0.1, 0.15) is 6.33 Å². The summed E-state index contributed by atoms with van der Waals surface area (Å²) < 4.78 is 18.2. The Morgan fingerprint density at radius 3 is 2.32 bits per heavy atom. The van der Waals surface area contributed by atoms with Gasteiger partial charge in [0.15, 0.2) is 11.5 Å². The summed E-state index contributed by atoms with van der Waals surface area (Å²) >= 11 is 0. The Hall–Kier alpha value is -4.86. The molecule has 2 N–H and O–H groups in total. The molecule has 194 valence electrons. The zero-order chi connectivity index (χ0) is 26.6. The number of nitrogens with zero attached hydrogens (tertiary/aromatic N) is 5. The summed E-state index contributed by atoms with van der Waals surface area (Å²) in [4.78, 5) is 18.3. The fraction of sp³-hybridized carbons (Fsp3) is 0.214. The molecule has 0 saturated carbocycles. The van der Waals surface area contributed by atoms with Gasteiger partial charge >= 0.3 is 0 Å². The lowest BCUT2D eigenvalue weighted by Crippen LogP contribution is -2.11. The summed E-state index contributed by atoms with van der Waals surface area (Å²) in [6.07, 6.45) is 1.46. The highest BCUT2D eigenvalue weighted by Gasteiger charge is 2.17. The second-order valence-electron chi connectivity index (χ2n) is 8.69. The topological polar surface area (TPSA) is 108 Å². The number of hydrogen-bond acceptors (Lipinski definition) is 9. The summed E-state index contributed by atoms with van der Waals surface area (Å²) in [5.74, 6) is 2.94. The lowest BCUT2D eigenvalue weighted by Gasteiger charge is -2.15. The second-order valence-corrected chi connectivity index (χ2v) is 8.69. The Balaban J connectivity index is 1.50. The number of rotatable bonds is 9. The van der Waals surface area contributed by atoms with E-state index in [0.717, 1.165) is 11.0 Å². The van der Waals surface area contributed by atoms with Gasteiger partial charge in [0.05, 0.1) is 32.4 Å². The molecule has 0 fully saturated rings. The Kier molecular flexibility index (Phi) is 6.94. The third-order valence-corrected chi connectivity index (χ3v) is 6.18. The van der Waals surface area contributed by atoms with Crippen LogP contribution in [0.25, 0.3) is 17.0 Å². The number of para-hydroxylation sites is 2. The van der Waals surface area contributed by atoms with Crippen molar-refractivity contribution < 1.29 is 14.2 Å². The fourth-order valence-electron chi connectivity index (χ4n) is 4.30. The molecule has 0 radical (unpaired) electrons. The third-order valence-electron chi connectivity index (χ3n) is 6.18. The van der Waals surface area contributed by atoms with Gasteiger partial charge in [0.2, 0.25) is 23.6 Å². The zero-order valence-corrected chi connectivity index (χ0v) is 21.9. The van der Waals surface area contributed by atoms with Crippen molar-refractivity contribution in [1.29, 1.82) is 0 Å². The number of ether oxygens (including phenoxy) is 3. The van der Waals surface area contributed by atoms with Gasteiger partial charge in [-0.2, -0.15) is 4.98 Å². The fourth-order valence-corrected chi connectivity index (χ4v) is 4.30. The average molecular weight is 512 g/mol. The van der Waals surface area contributed by atoms with Crippen molar-refractivity contribution in [3.05, 3.63) is 77.6 Å². The van der Waals surface area contributed by atoms with Gasteiger partial charge in [0.25, 0.3) is 0 Å². The van der Waals surface area contributed by atoms with Gasteiger partial charge in [-0.25, -0.2) is 19.5 Å². The monoisotopic (exact) mass is 511 g/mol. The Bertz CT molecular complexity index is 1570. The maximum absolute atomic E-state index is 5.46. The minimum atomic E-state index is 0.349. The maximum Gasteiger partial charge on any atom is 0.241 e. The Labute approximate surface area is 220 Å². The lowest BCUT2D eigenvalue weighted by molar-refractivity contribution is 0.324. The molecule has 10 nitrogen and oxygen atoms in total. The van der Waals surface area contributed by atoms with Crippen LogP contribution in [0.3, 0.4) is 0 Å². The van der Waals surface area contributed by atoms with Crippen molar-refractivity contribution in [3.8, 4) is 23.2 Å². The van der Waals surface area contributed by atoms with E-state index in [1.54, 1.807) is 33.5 Å². The van der Waals surface area contributed by atoms with Crippen LogP contribution in [0.2, 0.25) is 0 Å². The van der Waals surface area contributed by atoms with Crippen LogP contribution in [-0.2, 0) is 6.54 Å². The minimum absolute atomic E-state index is 0.349. The molecule has 0 aliphatic heterocycles. The largest absolute Gasteiger partial charge is 0.493 e. The van der Waals surface area contributed by atoms with Crippen LogP contribution in [0.4, 0.5) is 17.6 Å². The molecule has 10 heteroatoms. The van der Waals surface area contributed by atoms with Crippen molar-refractivity contribution in [2.75, 3.05) is 32.0 Å². The summed E-state index contributed by atoms with van der Waals surface area (Å²) in [5, 5.41) is 6.69. The zero-order valence-electron chi connectivity index (χ0n) is 21.9. The number of fused-ring (bicyclic) bond motifs is 1. The number of aromatic nitrogens is 5. The molecule has 3 aromatic carbocycles. The van der Waals surface area contributed by atoms with Gasteiger partial charge in [-0.1, -0.05) is 35.9 Å². The minimum Gasteiger partial charge on any atom is -0.493 e. The number of imidazole rings is 1. The highest BCUT2D eigenvalue weighted by atomic mass is 16.5. The highest BCUT2D eigenvalue weighted by molar-refractivity contribution is 5.80. The normalized spacial score (nSPS) is 10.9. The Morgan fingerprint density at radius 2 is 1.61 bits per heavy atom. The predicted octanol–water partition coefficient (Wildman–Crippen LogP) is 5.21. The molecule has 0 amide bonds. The smallest absolute Gasteiger partial charge is 0.241 e. The maximum atomic E-state index is 5.46. The van der Waals surface area contributed by atoms with Crippen molar-refractivity contribution >= 4 is 28.6 Å². The summed E-state index contributed by atoms with van der Waals surface area (Å²) in [6, 6.07) is 17.9. The first-order valence-electron chi connectivity index (χ1n) is 12.0. The van der Waals surface area contributed by atoms with E-state index in [2.05, 4.69) is 52.6 Å². The molecule has 2 aromatic heterocycles. The first-order valence-corrected chi connectivity index (χ1v) is 12.0. The molecular formula is C28H29N7O3. The first-order chi connectivity index (χ1) is 18.5. The van der Waals surface area contributed by atoms with Crippen LogP contribution in [0, 0.1) is 13.8 Å². The molecule has 0 spiro atoms. The van der Waals surface area contributed by atoms with Crippen molar-refractivity contribution in [1.82, 2.24) is 24.5 Å². The van der Waals surface area contributed by atoms with Crippen LogP contribution in [0.5, 0.6) is 17.2 Å². The van der Waals surface area contributed by atoms with Gasteiger partial charge in [-0.05, 0) is 37.1 Å². The molecule has 0 aliphatic rings. The quantitative estimate of drug-likeness (QED) is 0.276. The summed E-state index contributed by atoms with van der Waals surface area (Å²) in [5.41, 5.74) is 6.01. The summed E-state index contributed by atoms with van der Waals surface area (Å²) in [7, 11) is 4.70. The molecule has 0 aliphatic carbocycles. The molecular weight excluding hydrogens is 482 g/mol. The SMILES string of the molecule is COc1cc(Nc2ncnc(-n3c(NCc4ccc(C)cc4C)nc4ccccc43)n2)cc(OC)c1OC. The van der Waals surface area contributed by atoms with Crippen molar-refractivity contribution in [2.24, 2.45) is 0 Å². The van der Waals surface area contributed by atoms with Gasteiger partial charge in [-0.3, -0.25) is 0 Å². The van der Waals surface area contributed by atoms with Crippen molar-refractivity contribution in [2.45, 2.75) is 20.4 Å². The van der Waals surface area contributed by atoms with Crippen LogP contribution in [0.15, 0.2) is 60.9 Å². The third kappa shape index (κ3) is 4.88. The van der Waals surface area contributed by atoms with E-state index in [1.807, 2.05) is 28.8 Å². The highest BCUT2D eigenvalue weighted by Crippen LogP contribution is 2.40. The summed E-state index contributed by atoms with van der Waals surface area (Å²) in [6.45, 7) is 4.81. The van der Waals surface area contributed by atoms with Gasteiger partial charge in [0, 0.05) is 24.4 Å². The molecule has 2 heterocycles. The van der Waals surface area contributed by atoms with Crippen molar-refractivity contribution in [3.63, 3.8) is 0 Å². The van der Waals surface area contributed by atoms with Crippen LogP contribution >= 0.6 is 0 Å². The van der Waals surface area contributed by atoms with E-state index in [0.29, 0.717) is 47.3 Å². The number of anilines is 3. The van der Waals surface area contributed by atoms with E-state index in [1.165, 1.54) is 23.0 Å². The Morgan fingerprint density at radius 1 is 0.842 bits per heavy atom. The van der Waals surface area contributed by atoms with Gasteiger partial charge in [-0.15, -0.1) is 0 Å². The standard InChI is InChI=1S/C28H29N7O3/c1-17-10-11-19(18(2)12-17)15-29-27-33-21-8-6-7-9-22(21)35(27)28-31-16-30-26(34-28)32-20-13-23(36-3)25(38-5)24(14-20)37-4/h6-14,16H,15H2,1-5H3,(H,29,33)(H,30,31,32,34). The van der Waals surface area contributed by atoms with Gasteiger partial charge < -0.3 is 24.8 Å². The second kappa shape index (κ2) is 10.6. The number of benzene rings is 3. The van der Waals surface area contributed by atoms with E-state index < -0.39 is 0 Å². The predicted molar refractivity (Wildman–Crippen MR) is 147 cm³/mol. The van der Waals surface area contributed by atoms with Crippen LogP contribution < -0.4 is 24.8 Å². The molecule has 0 unspecified atom stereocenters. The number of nitrogens with one attached hydrogen (secondary N) is 2. The molecule has 0 saturated heterocycles. The number of aryl methyl sites for hydroxylation is 2. The van der Waals surface area contributed by atoms with E-state index in [4.69, 9.17) is 24.2 Å². The molecule has 5 rings (SSSR count). The average Bonchev–Trinajstić information content (AvgIpc) is 3.30. The van der Waals surface area contributed by atoms with Crippen LogP contribution in [-0.4, -0.2) is 45.8 Å². The number of hydrogen-bond donors (Lipinski definition) is 2.